The van der Waals surface area contributed by atoms with Crippen molar-refractivity contribution < 1.29 is 4.79 Å². The molecule has 0 unspecified atom stereocenters. The molecule has 0 atom stereocenters. The zero-order valence-electron chi connectivity index (χ0n) is 10.5. The van der Waals surface area contributed by atoms with E-state index in [0.29, 0.717) is 18.0 Å². The highest BCUT2D eigenvalue weighted by molar-refractivity contribution is 6.30. The van der Waals surface area contributed by atoms with Crippen molar-refractivity contribution in [3.63, 3.8) is 0 Å². The van der Waals surface area contributed by atoms with Gasteiger partial charge in [-0.3, -0.25) is 4.79 Å². The summed E-state index contributed by atoms with van der Waals surface area (Å²) in [5.74, 6) is 0.173. The minimum absolute atomic E-state index is 0.136. The van der Waals surface area contributed by atoms with Crippen LogP contribution in [0.2, 0.25) is 5.02 Å². The number of halogens is 1. The second-order valence-corrected chi connectivity index (χ2v) is 5.57. The summed E-state index contributed by atoms with van der Waals surface area (Å²) in [5.41, 5.74) is 6.42. The Morgan fingerprint density at radius 1 is 1.24 bits per heavy atom. The average Bonchev–Trinajstić information content (AvgIpc) is 2.27. The first-order valence-corrected chi connectivity index (χ1v) is 6.31. The van der Waals surface area contributed by atoms with Crippen molar-refractivity contribution in [1.29, 1.82) is 0 Å². The summed E-state index contributed by atoms with van der Waals surface area (Å²) in [7, 11) is 0. The van der Waals surface area contributed by atoms with Crippen LogP contribution in [0.5, 0.6) is 0 Å². The molecular weight excluding hydrogens is 234 g/mol. The number of benzene rings is 1. The van der Waals surface area contributed by atoms with Crippen LogP contribution < -0.4 is 5.73 Å². The van der Waals surface area contributed by atoms with E-state index >= 15 is 0 Å². The molecule has 1 aromatic rings. The van der Waals surface area contributed by atoms with Crippen molar-refractivity contribution >= 4 is 17.4 Å². The summed E-state index contributed by atoms with van der Waals surface area (Å²) in [4.78, 5) is 11.9. The van der Waals surface area contributed by atoms with Crippen molar-refractivity contribution in [2.45, 2.75) is 33.1 Å². The first-order chi connectivity index (χ1) is 7.94. The van der Waals surface area contributed by atoms with E-state index in [2.05, 4.69) is 13.8 Å². The SMILES string of the molecule is CC(C)(CCN)CCC(=O)c1ccc(Cl)cc1. The van der Waals surface area contributed by atoms with Crippen LogP contribution in [0.1, 0.15) is 43.5 Å². The highest BCUT2D eigenvalue weighted by Crippen LogP contribution is 2.26. The third-order valence-corrected chi connectivity index (χ3v) is 3.27. The van der Waals surface area contributed by atoms with E-state index in [1.165, 1.54) is 0 Å². The monoisotopic (exact) mass is 253 g/mol. The van der Waals surface area contributed by atoms with Crippen LogP contribution in [0.15, 0.2) is 24.3 Å². The molecule has 2 N–H and O–H groups in total. The largest absolute Gasteiger partial charge is 0.330 e. The Balaban J connectivity index is 2.53. The van der Waals surface area contributed by atoms with Gasteiger partial charge in [0.15, 0.2) is 5.78 Å². The minimum atomic E-state index is 0.136. The average molecular weight is 254 g/mol. The van der Waals surface area contributed by atoms with E-state index in [4.69, 9.17) is 17.3 Å². The van der Waals surface area contributed by atoms with Crippen molar-refractivity contribution in [3.8, 4) is 0 Å². The van der Waals surface area contributed by atoms with Crippen molar-refractivity contribution in [2.75, 3.05) is 6.54 Å². The van der Waals surface area contributed by atoms with Gasteiger partial charge in [-0.1, -0.05) is 25.4 Å². The number of hydrogen-bond donors (Lipinski definition) is 1. The fourth-order valence-electron chi connectivity index (χ4n) is 1.75. The molecule has 17 heavy (non-hydrogen) atoms. The predicted octanol–water partition coefficient (Wildman–Crippen LogP) is 3.68. The van der Waals surface area contributed by atoms with Gasteiger partial charge in [-0.2, -0.15) is 0 Å². The van der Waals surface area contributed by atoms with Crippen molar-refractivity contribution in [1.82, 2.24) is 0 Å². The summed E-state index contributed by atoms with van der Waals surface area (Å²) in [5, 5.41) is 0.657. The number of Topliss-reactive ketones (excluding diaryl/α,β-unsaturated/α-hetero) is 1. The van der Waals surface area contributed by atoms with Crippen LogP contribution in [0, 0.1) is 5.41 Å². The van der Waals surface area contributed by atoms with Gasteiger partial charge in [0, 0.05) is 17.0 Å². The fourth-order valence-corrected chi connectivity index (χ4v) is 1.87. The Hall–Kier alpha value is -0.860. The normalized spacial score (nSPS) is 11.5. The molecule has 94 valence electrons. The molecule has 0 aliphatic heterocycles. The summed E-state index contributed by atoms with van der Waals surface area (Å²) in [6, 6.07) is 7.06. The summed E-state index contributed by atoms with van der Waals surface area (Å²) >= 11 is 5.78. The number of ketones is 1. The second kappa shape index (κ2) is 6.18. The third-order valence-electron chi connectivity index (χ3n) is 3.02. The van der Waals surface area contributed by atoms with Gasteiger partial charge >= 0.3 is 0 Å². The topological polar surface area (TPSA) is 43.1 Å². The van der Waals surface area contributed by atoms with Gasteiger partial charge in [0.2, 0.25) is 0 Å². The molecule has 0 fully saturated rings. The van der Waals surface area contributed by atoms with Gasteiger partial charge < -0.3 is 5.73 Å². The third kappa shape index (κ3) is 4.88. The van der Waals surface area contributed by atoms with Crippen LogP contribution >= 0.6 is 11.6 Å². The summed E-state index contributed by atoms with van der Waals surface area (Å²) in [6.07, 6.45) is 2.38. The van der Waals surface area contributed by atoms with Crippen LogP contribution in [0.3, 0.4) is 0 Å². The molecule has 0 amide bonds. The lowest BCUT2D eigenvalue weighted by molar-refractivity contribution is 0.0961. The Kier molecular flexibility index (Phi) is 5.16. The number of carbonyl (C=O) groups is 1. The minimum Gasteiger partial charge on any atom is -0.330 e. The Bertz CT molecular complexity index is 370. The number of nitrogens with two attached hydrogens (primary N) is 1. The van der Waals surface area contributed by atoms with Crippen LogP contribution in [0.4, 0.5) is 0 Å². The molecule has 0 aliphatic rings. The summed E-state index contributed by atoms with van der Waals surface area (Å²) < 4.78 is 0. The highest BCUT2D eigenvalue weighted by atomic mass is 35.5. The predicted molar refractivity (Wildman–Crippen MR) is 72.5 cm³/mol. The molecule has 0 saturated carbocycles. The Labute approximate surface area is 108 Å². The molecule has 0 bridgehead atoms. The van der Waals surface area contributed by atoms with E-state index < -0.39 is 0 Å². The van der Waals surface area contributed by atoms with E-state index in [0.717, 1.165) is 18.4 Å². The fraction of sp³-hybridized carbons (Fsp3) is 0.500. The quantitative estimate of drug-likeness (QED) is 0.786. The maximum Gasteiger partial charge on any atom is 0.162 e. The second-order valence-electron chi connectivity index (χ2n) is 5.13. The number of rotatable bonds is 6. The maximum absolute atomic E-state index is 11.9. The van der Waals surface area contributed by atoms with E-state index in [1.54, 1.807) is 24.3 Å². The lowest BCUT2D eigenvalue weighted by Gasteiger charge is -2.23. The zero-order chi connectivity index (χ0) is 12.9. The van der Waals surface area contributed by atoms with Crippen LogP contribution in [-0.4, -0.2) is 12.3 Å². The van der Waals surface area contributed by atoms with Crippen molar-refractivity contribution in [2.24, 2.45) is 11.1 Å². The Morgan fingerprint density at radius 3 is 2.35 bits per heavy atom. The highest BCUT2D eigenvalue weighted by Gasteiger charge is 2.18. The zero-order valence-corrected chi connectivity index (χ0v) is 11.3. The lowest BCUT2D eigenvalue weighted by Crippen LogP contribution is -2.18. The smallest absolute Gasteiger partial charge is 0.162 e. The van der Waals surface area contributed by atoms with Crippen LogP contribution in [0.25, 0.3) is 0 Å². The van der Waals surface area contributed by atoms with Crippen molar-refractivity contribution in [3.05, 3.63) is 34.9 Å². The van der Waals surface area contributed by atoms with Gasteiger partial charge in [0.1, 0.15) is 0 Å². The first kappa shape index (κ1) is 14.2. The molecule has 0 radical (unpaired) electrons. The van der Waals surface area contributed by atoms with E-state index in [-0.39, 0.29) is 11.2 Å². The first-order valence-electron chi connectivity index (χ1n) is 5.93. The molecule has 0 saturated heterocycles. The molecule has 0 aromatic heterocycles. The summed E-state index contributed by atoms with van der Waals surface area (Å²) in [6.45, 7) is 4.96. The molecular formula is C14H20ClNO. The molecule has 3 heteroatoms. The number of carbonyl (C=O) groups excluding carboxylic acids is 1. The van der Waals surface area contributed by atoms with E-state index in [1.807, 2.05) is 0 Å². The molecule has 0 heterocycles. The van der Waals surface area contributed by atoms with Gasteiger partial charge in [-0.25, -0.2) is 0 Å². The molecule has 1 aromatic carbocycles. The van der Waals surface area contributed by atoms with Gasteiger partial charge in [0.05, 0.1) is 0 Å². The molecule has 1 rings (SSSR count). The molecule has 0 aliphatic carbocycles. The van der Waals surface area contributed by atoms with Gasteiger partial charge in [-0.05, 0) is 49.1 Å². The standard InChI is InChI=1S/C14H20ClNO/c1-14(2,9-10-16)8-7-13(17)11-3-5-12(15)6-4-11/h3-6H,7-10,16H2,1-2H3. The maximum atomic E-state index is 11.9. The molecule has 0 spiro atoms. The van der Waals surface area contributed by atoms with Crippen LogP contribution in [-0.2, 0) is 0 Å². The Morgan fingerprint density at radius 2 is 1.82 bits per heavy atom. The van der Waals surface area contributed by atoms with E-state index in [9.17, 15) is 4.79 Å². The van der Waals surface area contributed by atoms with Gasteiger partial charge in [0.25, 0.3) is 0 Å². The number of hydrogen-bond acceptors (Lipinski definition) is 2. The lowest BCUT2D eigenvalue weighted by atomic mass is 9.83. The molecule has 2 nitrogen and oxygen atoms in total. The van der Waals surface area contributed by atoms with Gasteiger partial charge in [-0.15, -0.1) is 0 Å².